The molecule has 1 aliphatic rings. The summed E-state index contributed by atoms with van der Waals surface area (Å²) in [6.45, 7) is 0. The van der Waals surface area contributed by atoms with Crippen LogP contribution in [0.1, 0.15) is 12.0 Å². The van der Waals surface area contributed by atoms with Crippen molar-refractivity contribution in [3.63, 3.8) is 0 Å². The van der Waals surface area contributed by atoms with E-state index in [0.29, 0.717) is 27.9 Å². The molecule has 3 aromatic carbocycles. The summed E-state index contributed by atoms with van der Waals surface area (Å²) in [7, 11) is -3.31. The maximum atomic E-state index is 13.6. The Balaban J connectivity index is 1.77. The van der Waals surface area contributed by atoms with Gasteiger partial charge in [0.15, 0.2) is 9.84 Å². The molecule has 0 amide bonds. The van der Waals surface area contributed by atoms with Crippen molar-refractivity contribution in [2.75, 3.05) is 12.0 Å². The van der Waals surface area contributed by atoms with Gasteiger partial charge in [0.25, 0.3) is 0 Å². The van der Waals surface area contributed by atoms with Gasteiger partial charge in [-0.15, -0.1) is 11.8 Å². The Morgan fingerprint density at radius 1 is 0.935 bits per heavy atom. The minimum Gasteiger partial charge on any atom is -0.455 e. The molecule has 2 heterocycles. The van der Waals surface area contributed by atoms with E-state index in [2.05, 4.69) is 12.1 Å². The molecule has 0 atom stereocenters. The zero-order valence-electron chi connectivity index (χ0n) is 16.9. The van der Waals surface area contributed by atoms with Crippen molar-refractivity contribution in [1.82, 2.24) is 0 Å². The SMILES string of the molecule is CS(=O)(=O)c1ccc(-c2oc3ccccc3c(=O)c2-c2ccc3c(c2)CCCS3)cc1. The van der Waals surface area contributed by atoms with Crippen molar-refractivity contribution in [2.24, 2.45) is 0 Å². The summed E-state index contributed by atoms with van der Waals surface area (Å²) in [5.41, 5.74) is 3.66. The molecular weight excluding hydrogens is 428 g/mol. The Morgan fingerprint density at radius 2 is 1.68 bits per heavy atom. The van der Waals surface area contributed by atoms with Gasteiger partial charge in [0, 0.05) is 16.7 Å². The topological polar surface area (TPSA) is 64.3 Å². The van der Waals surface area contributed by atoms with Gasteiger partial charge in [-0.05, 0) is 78.3 Å². The second kappa shape index (κ2) is 7.70. The average molecular weight is 449 g/mol. The average Bonchev–Trinajstić information content (AvgIpc) is 2.78. The maximum Gasteiger partial charge on any atom is 0.201 e. The van der Waals surface area contributed by atoms with Crippen LogP contribution in [0, 0.1) is 0 Å². The lowest BCUT2D eigenvalue weighted by molar-refractivity contribution is 0.601. The molecule has 6 heteroatoms. The number of benzene rings is 3. The molecule has 0 N–H and O–H groups in total. The zero-order valence-corrected chi connectivity index (χ0v) is 18.6. The summed E-state index contributed by atoms with van der Waals surface area (Å²) in [4.78, 5) is 15.0. The number of fused-ring (bicyclic) bond motifs is 2. The minimum absolute atomic E-state index is 0.0903. The monoisotopic (exact) mass is 448 g/mol. The van der Waals surface area contributed by atoms with E-state index in [9.17, 15) is 13.2 Å². The molecule has 0 bridgehead atoms. The fraction of sp³-hybridized carbons (Fsp3) is 0.160. The third kappa shape index (κ3) is 3.70. The fourth-order valence-electron chi connectivity index (χ4n) is 3.98. The van der Waals surface area contributed by atoms with Crippen molar-refractivity contribution in [1.29, 1.82) is 0 Å². The van der Waals surface area contributed by atoms with Crippen molar-refractivity contribution in [2.45, 2.75) is 22.6 Å². The lowest BCUT2D eigenvalue weighted by Gasteiger charge is -2.17. The largest absolute Gasteiger partial charge is 0.455 e. The first-order valence-electron chi connectivity index (χ1n) is 10.0. The summed E-state index contributed by atoms with van der Waals surface area (Å²) in [5.74, 6) is 1.56. The molecule has 0 saturated heterocycles. The molecule has 4 nitrogen and oxygen atoms in total. The number of sulfone groups is 1. The van der Waals surface area contributed by atoms with E-state index in [4.69, 9.17) is 4.42 Å². The van der Waals surface area contributed by atoms with Crippen molar-refractivity contribution < 1.29 is 12.8 Å². The molecule has 0 saturated carbocycles. The molecule has 0 unspecified atom stereocenters. The highest BCUT2D eigenvalue weighted by atomic mass is 32.2. The van der Waals surface area contributed by atoms with E-state index in [1.165, 1.54) is 16.7 Å². The molecule has 0 aliphatic carbocycles. The molecule has 0 radical (unpaired) electrons. The van der Waals surface area contributed by atoms with Crippen LogP contribution in [0.3, 0.4) is 0 Å². The molecule has 1 aliphatic heterocycles. The Morgan fingerprint density at radius 3 is 2.45 bits per heavy atom. The summed E-state index contributed by atoms with van der Waals surface area (Å²) < 4.78 is 29.9. The first-order chi connectivity index (χ1) is 14.9. The van der Waals surface area contributed by atoms with Crippen LogP contribution in [0.15, 0.2) is 85.7 Å². The van der Waals surface area contributed by atoms with E-state index in [1.807, 2.05) is 30.0 Å². The van der Waals surface area contributed by atoms with Crippen molar-refractivity contribution in [3.8, 4) is 22.5 Å². The molecule has 1 aromatic heterocycles. The van der Waals surface area contributed by atoms with Gasteiger partial charge in [0.2, 0.25) is 5.43 Å². The Bertz CT molecular complexity index is 1470. The van der Waals surface area contributed by atoms with Crippen LogP contribution >= 0.6 is 11.8 Å². The lowest BCUT2D eigenvalue weighted by Crippen LogP contribution is -2.08. The third-order valence-electron chi connectivity index (χ3n) is 5.54. The van der Waals surface area contributed by atoms with E-state index in [1.54, 1.807) is 36.4 Å². The summed E-state index contributed by atoms with van der Waals surface area (Å²) in [6, 6.07) is 19.9. The fourth-order valence-corrected chi connectivity index (χ4v) is 5.63. The summed E-state index contributed by atoms with van der Waals surface area (Å²) in [6.07, 6.45) is 3.29. The second-order valence-electron chi connectivity index (χ2n) is 7.70. The van der Waals surface area contributed by atoms with Crippen LogP contribution in [0.2, 0.25) is 0 Å². The Kier molecular flexibility index (Phi) is 4.99. The summed E-state index contributed by atoms with van der Waals surface area (Å²) in [5, 5.41) is 0.529. The number of para-hydroxylation sites is 1. The third-order valence-corrected chi connectivity index (χ3v) is 7.87. The molecule has 4 aromatic rings. The van der Waals surface area contributed by atoms with E-state index < -0.39 is 9.84 Å². The number of hydrogen-bond donors (Lipinski definition) is 0. The number of thioether (sulfide) groups is 1. The predicted octanol–water partition coefficient (Wildman–Crippen LogP) is 5.57. The number of hydrogen-bond acceptors (Lipinski definition) is 5. The van der Waals surface area contributed by atoms with Crippen LogP contribution in [-0.4, -0.2) is 20.4 Å². The van der Waals surface area contributed by atoms with E-state index >= 15 is 0 Å². The number of aryl methyl sites for hydroxylation is 1. The number of rotatable bonds is 3. The maximum absolute atomic E-state index is 13.6. The van der Waals surface area contributed by atoms with Crippen LogP contribution in [0.25, 0.3) is 33.4 Å². The zero-order chi connectivity index (χ0) is 21.6. The second-order valence-corrected chi connectivity index (χ2v) is 10.9. The van der Waals surface area contributed by atoms with Crippen molar-refractivity contribution >= 4 is 32.6 Å². The van der Waals surface area contributed by atoms with Gasteiger partial charge in [-0.2, -0.15) is 0 Å². The molecular formula is C25H20O4S2. The van der Waals surface area contributed by atoms with E-state index in [0.717, 1.165) is 24.2 Å². The normalized spacial score (nSPS) is 13.8. The molecule has 156 valence electrons. The van der Waals surface area contributed by atoms with Crippen LogP contribution in [0.5, 0.6) is 0 Å². The highest BCUT2D eigenvalue weighted by Gasteiger charge is 2.20. The first-order valence-corrected chi connectivity index (χ1v) is 12.9. The Labute approximate surface area is 184 Å². The molecule has 0 spiro atoms. The molecule has 0 fully saturated rings. The first kappa shape index (κ1) is 20.1. The summed E-state index contributed by atoms with van der Waals surface area (Å²) >= 11 is 1.85. The molecule has 5 rings (SSSR count). The lowest BCUT2D eigenvalue weighted by atomic mass is 9.96. The Hall–Kier alpha value is -2.83. The van der Waals surface area contributed by atoms with Crippen LogP contribution < -0.4 is 5.43 Å². The quantitative estimate of drug-likeness (QED) is 0.410. The predicted molar refractivity (Wildman–Crippen MR) is 126 cm³/mol. The minimum atomic E-state index is -3.31. The van der Waals surface area contributed by atoms with Crippen LogP contribution in [0.4, 0.5) is 0 Å². The van der Waals surface area contributed by atoms with Crippen LogP contribution in [-0.2, 0) is 16.3 Å². The highest BCUT2D eigenvalue weighted by molar-refractivity contribution is 7.99. The van der Waals surface area contributed by atoms with E-state index in [-0.39, 0.29) is 10.3 Å². The van der Waals surface area contributed by atoms with Gasteiger partial charge < -0.3 is 4.42 Å². The van der Waals surface area contributed by atoms with Crippen molar-refractivity contribution in [3.05, 3.63) is 82.5 Å². The van der Waals surface area contributed by atoms with Gasteiger partial charge >= 0.3 is 0 Å². The van der Waals surface area contributed by atoms with Gasteiger partial charge in [-0.25, -0.2) is 8.42 Å². The highest BCUT2D eigenvalue weighted by Crippen LogP contribution is 2.37. The van der Waals surface area contributed by atoms with Gasteiger partial charge in [-0.1, -0.05) is 18.2 Å². The van der Waals surface area contributed by atoms with Gasteiger partial charge in [-0.3, -0.25) is 4.79 Å². The smallest absolute Gasteiger partial charge is 0.201 e. The van der Waals surface area contributed by atoms with Gasteiger partial charge in [0.05, 0.1) is 15.8 Å². The molecule has 31 heavy (non-hydrogen) atoms. The van der Waals surface area contributed by atoms with Gasteiger partial charge in [0.1, 0.15) is 11.3 Å². The standard InChI is InChI=1S/C25H20O4S2/c1-31(27,28)19-11-8-16(9-12-19)25-23(24(26)20-6-2-3-7-21(20)29-25)18-10-13-22-17(15-18)5-4-14-30-22/h2-3,6-13,15H,4-5,14H2,1H3.